The Kier molecular flexibility index (Phi) is 5.76. The Bertz CT molecular complexity index is 714. The van der Waals surface area contributed by atoms with E-state index in [1.807, 2.05) is 6.92 Å². The number of ether oxygens (including phenoxy) is 1. The van der Waals surface area contributed by atoms with Gasteiger partial charge in [-0.1, -0.05) is 15.9 Å². The summed E-state index contributed by atoms with van der Waals surface area (Å²) in [6.07, 6.45) is 0. The molecule has 2 amide bonds. The lowest BCUT2D eigenvalue weighted by Gasteiger charge is -2.10. The molecule has 0 aliphatic heterocycles. The Morgan fingerprint density at radius 3 is 2.39 bits per heavy atom. The fourth-order valence-electron chi connectivity index (χ4n) is 2.02. The molecule has 0 aliphatic carbocycles. The monoisotopic (exact) mass is 376 g/mol. The van der Waals surface area contributed by atoms with Gasteiger partial charge in [-0.15, -0.1) is 0 Å². The van der Waals surface area contributed by atoms with Gasteiger partial charge in [0.1, 0.15) is 5.75 Å². The minimum Gasteiger partial charge on any atom is -0.496 e. The number of carbonyl (C=O) groups is 2. The molecule has 0 saturated carbocycles. The van der Waals surface area contributed by atoms with Gasteiger partial charge >= 0.3 is 0 Å². The number of carbonyl (C=O) groups excluding carboxylic acids is 2. The van der Waals surface area contributed by atoms with Crippen LogP contribution in [-0.4, -0.2) is 25.5 Å². The van der Waals surface area contributed by atoms with Crippen LogP contribution in [-0.2, 0) is 0 Å². The van der Waals surface area contributed by atoms with E-state index in [0.717, 1.165) is 4.47 Å². The molecule has 23 heavy (non-hydrogen) atoms. The number of methoxy groups -OCH3 is 1. The Balaban J connectivity index is 2.14. The van der Waals surface area contributed by atoms with Crippen molar-refractivity contribution in [3.8, 4) is 5.75 Å². The largest absolute Gasteiger partial charge is 0.496 e. The van der Waals surface area contributed by atoms with Gasteiger partial charge in [-0.25, -0.2) is 0 Å². The summed E-state index contributed by atoms with van der Waals surface area (Å²) < 4.78 is 5.99. The van der Waals surface area contributed by atoms with Crippen LogP contribution in [0.1, 0.15) is 27.6 Å². The van der Waals surface area contributed by atoms with E-state index in [2.05, 4.69) is 26.6 Å². The molecule has 0 spiro atoms. The summed E-state index contributed by atoms with van der Waals surface area (Å²) in [5.74, 6) is 0.0672. The summed E-state index contributed by atoms with van der Waals surface area (Å²) in [4.78, 5) is 24.1. The zero-order valence-corrected chi connectivity index (χ0v) is 14.4. The van der Waals surface area contributed by atoms with Gasteiger partial charge in [0.2, 0.25) is 0 Å². The molecule has 0 radical (unpaired) electrons. The summed E-state index contributed by atoms with van der Waals surface area (Å²) in [6, 6.07) is 11.9. The predicted molar refractivity (Wildman–Crippen MR) is 93.1 cm³/mol. The van der Waals surface area contributed by atoms with Crippen molar-refractivity contribution in [2.24, 2.45) is 0 Å². The molecule has 0 atom stereocenters. The number of benzene rings is 2. The summed E-state index contributed by atoms with van der Waals surface area (Å²) >= 11 is 3.34. The SMILES string of the molecule is CCNC(=O)c1ccc(NC(=O)c2cc(Br)ccc2OC)cc1. The molecule has 0 saturated heterocycles. The van der Waals surface area contributed by atoms with Gasteiger partial charge in [-0.2, -0.15) is 0 Å². The Labute approximate surface area is 143 Å². The number of hydrogen-bond donors (Lipinski definition) is 2. The quantitative estimate of drug-likeness (QED) is 0.839. The normalized spacial score (nSPS) is 10.0. The zero-order chi connectivity index (χ0) is 16.8. The summed E-state index contributed by atoms with van der Waals surface area (Å²) in [5.41, 5.74) is 1.57. The summed E-state index contributed by atoms with van der Waals surface area (Å²) in [6.45, 7) is 2.43. The van der Waals surface area contributed by atoms with E-state index in [0.29, 0.717) is 29.1 Å². The van der Waals surface area contributed by atoms with Crippen LogP contribution in [0.25, 0.3) is 0 Å². The van der Waals surface area contributed by atoms with Crippen molar-refractivity contribution in [1.29, 1.82) is 0 Å². The van der Waals surface area contributed by atoms with E-state index in [9.17, 15) is 9.59 Å². The second kappa shape index (κ2) is 7.78. The Morgan fingerprint density at radius 2 is 1.78 bits per heavy atom. The minimum absolute atomic E-state index is 0.140. The topological polar surface area (TPSA) is 67.4 Å². The van der Waals surface area contributed by atoms with Gasteiger partial charge in [-0.3, -0.25) is 9.59 Å². The highest BCUT2D eigenvalue weighted by atomic mass is 79.9. The van der Waals surface area contributed by atoms with Crippen LogP contribution in [0.2, 0.25) is 0 Å². The number of anilines is 1. The maximum Gasteiger partial charge on any atom is 0.259 e. The molecule has 0 unspecified atom stereocenters. The molecule has 6 heteroatoms. The number of halogens is 1. The molecule has 0 bridgehead atoms. The van der Waals surface area contributed by atoms with Gasteiger partial charge in [0.05, 0.1) is 12.7 Å². The summed E-state index contributed by atoms with van der Waals surface area (Å²) in [7, 11) is 1.52. The van der Waals surface area contributed by atoms with E-state index in [-0.39, 0.29) is 11.8 Å². The number of hydrogen-bond acceptors (Lipinski definition) is 3. The van der Waals surface area contributed by atoms with Crippen LogP contribution in [0.15, 0.2) is 46.9 Å². The minimum atomic E-state index is -0.283. The zero-order valence-electron chi connectivity index (χ0n) is 12.9. The highest BCUT2D eigenvalue weighted by molar-refractivity contribution is 9.10. The molecule has 0 heterocycles. The lowest BCUT2D eigenvalue weighted by atomic mass is 10.1. The van der Waals surface area contributed by atoms with Crippen molar-refractivity contribution in [3.63, 3.8) is 0 Å². The first kappa shape index (κ1) is 17.0. The number of nitrogens with one attached hydrogen (secondary N) is 2. The van der Waals surface area contributed by atoms with Crippen LogP contribution < -0.4 is 15.4 Å². The van der Waals surface area contributed by atoms with Crippen molar-refractivity contribution in [1.82, 2.24) is 5.32 Å². The Morgan fingerprint density at radius 1 is 1.09 bits per heavy atom. The molecular weight excluding hydrogens is 360 g/mol. The average molecular weight is 377 g/mol. The molecule has 0 aromatic heterocycles. The van der Waals surface area contributed by atoms with Crippen LogP contribution in [0, 0.1) is 0 Å². The smallest absolute Gasteiger partial charge is 0.259 e. The average Bonchev–Trinajstić information content (AvgIpc) is 2.55. The first-order valence-electron chi connectivity index (χ1n) is 7.08. The third kappa shape index (κ3) is 4.32. The van der Waals surface area contributed by atoms with Crippen molar-refractivity contribution in [3.05, 3.63) is 58.1 Å². The fourth-order valence-corrected chi connectivity index (χ4v) is 2.38. The molecule has 0 aliphatic rings. The second-order valence-corrected chi connectivity index (χ2v) is 5.65. The van der Waals surface area contributed by atoms with Crippen molar-refractivity contribution >= 4 is 33.4 Å². The fraction of sp³-hybridized carbons (Fsp3) is 0.176. The van der Waals surface area contributed by atoms with Crippen LogP contribution in [0.5, 0.6) is 5.75 Å². The molecule has 2 aromatic carbocycles. The van der Waals surface area contributed by atoms with Gasteiger partial charge in [0, 0.05) is 22.3 Å². The van der Waals surface area contributed by atoms with Crippen LogP contribution in [0.4, 0.5) is 5.69 Å². The number of rotatable bonds is 5. The van der Waals surface area contributed by atoms with Crippen molar-refractivity contribution < 1.29 is 14.3 Å². The lowest BCUT2D eigenvalue weighted by molar-refractivity contribution is 0.0955. The van der Waals surface area contributed by atoms with E-state index in [1.165, 1.54) is 7.11 Å². The van der Waals surface area contributed by atoms with Crippen molar-refractivity contribution in [2.75, 3.05) is 19.0 Å². The predicted octanol–water partition coefficient (Wildman–Crippen LogP) is 3.46. The molecule has 0 fully saturated rings. The number of amides is 2. The highest BCUT2D eigenvalue weighted by Crippen LogP contribution is 2.24. The van der Waals surface area contributed by atoms with Gasteiger partial charge in [0.15, 0.2) is 0 Å². The summed E-state index contributed by atoms with van der Waals surface area (Å²) in [5, 5.41) is 5.51. The lowest BCUT2D eigenvalue weighted by Crippen LogP contribution is -2.22. The van der Waals surface area contributed by atoms with E-state index >= 15 is 0 Å². The van der Waals surface area contributed by atoms with Gasteiger partial charge in [0.25, 0.3) is 11.8 Å². The standard InChI is InChI=1S/C17H17BrN2O3/c1-3-19-16(21)11-4-7-13(8-5-11)20-17(22)14-10-12(18)6-9-15(14)23-2/h4-10H,3H2,1-2H3,(H,19,21)(H,20,22). The molecule has 120 valence electrons. The van der Waals surface area contributed by atoms with E-state index in [4.69, 9.17) is 4.74 Å². The first-order chi connectivity index (χ1) is 11.0. The molecule has 2 rings (SSSR count). The maximum absolute atomic E-state index is 12.4. The van der Waals surface area contributed by atoms with Gasteiger partial charge in [-0.05, 0) is 49.4 Å². The van der Waals surface area contributed by atoms with E-state index < -0.39 is 0 Å². The van der Waals surface area contributed by atoms with Crippen molar-refractivity contribution in [2.45, 2.75) is 6.92 Å². The van der Waals surface area contributed by atoms with E-state index in [1.54, 1.807) is 42.5 Å². The Hall–Kier alpha value is -2.34. The first-order valence-corrected chi connectivity index (χ1v) is 7.87. The highest BCUT2D eigenvalue weighted by Gasteiger charge is 2.13. The third-order valence-electron chi connectivity index (χ3n) is 3.15. The molecule has 5 nitrogen and oxygen atoms in total. The molecular formula is C17H17BrN2O3. The molecule has 2 N–H and O–H groups in total. The third-order valence-corrected chi connectivity index (χ3v) is 3.64. The molecule has 2 aromatic rings. The maximum atomic E-state index is 12.4. The van der Waals surface area contributed by atoms with Gasteiger partial charge < -0.3 is 15.4 Å². The second-order valence-electron chi connectivity index (χ2n) is 4.74. The van der Waals surface area contributed by atoms with Crippen LogP contribution >= 0.6 is 15.9 Å². The van der Waals surface area contributed by atoms with Crippen LogP contribution in [0.3, 0.4) is 0 Å².